The Morgan fingerprint density at radius 2 is 2.00 bits per heavy atom. The molecule has 1 fully saturated rings. The van der Waals surface area contributed by atoms with Crippen LogP contribution in [-0.2, 0) is 4.79 Å². The van der Waals surface area contributed by atoms with Crippen LogP contribution in [0, 0.1) is 17.3 Å². The van der Waals surface area contributed by atoms with E-state index in [2.05, 4.69) is 0 Å². The Morgan fingerprint density at radius 3 is 2.27 bits per heavy atom. The quantitative estimate of drug-likeness (QED) is 0.775. The van der Waals surface area contributed by atoms with Gasteiger partial charge in [0.2, 0.25) is 0 Å². The summed E-state index contributed by atoms with van der Waals surface area (Å²) in [4.78, 5) is 10.7. The molecule has 0 aromatic heterocycles. The lowest BCUT2D eigenvalue weighted by molar-refractivity contribution is -0.141. The highest BCUT2D eigenvalue weighted by Gasteiger charge is 2.63. The Balaban J connectivity index is 2.59. The summed E-state index contributed by atoms with van der Waals surface area (Å²) in [6.45, 7) is 3.30. The van der Waals surface area contributed by atoms with Gasteiger partial charge in [-0.25, -0.2) is 0 Å². The van der Waals surface area contributed by atoms with Crippen molar-refractivity contribution in [3.05, 3.63) is 0 Å². The van der Waals surface area contributed by atoms with Crippen molar-refractivity contribution >= 4 is 17.6 Å². The minimum Gasteiger partial charge on any atom is -0.481 e. The van der Waals surface area contributed by atoms with Gasteiger partial charge in [0.05, 0.1) is 5.92 Å². The third-order valence-electron chi connectivity index (χ3n) is 3.13. The molecule has 0 aromatic rings. The van der Waals surface area contributed by atoms with E-state index in [0.717, 1.165) is 0 Å². The fourth-order valence-corrected chi connectivity index (χ4v) is 2.22. The molecule has 0 saturated heterocycles. The predicted molar refractivity (Wildman–Crippen MR) is 48.7 cm³/mol. The van der Waals surface area contributed by atoms with Gasteiger partial charge in [-0.1, -0.05) is 13.8 Å². The second-order valence-corrected chi connectivity index (χ2v) is 5.02. The average Bonchev–Trinajstić information content (AvgIpc) is 2.50. The fraction of sp³-hybridized carbons (Fsp3) is 0.889. The van der Waals surface area contributed by atoms with Crippen LogP contribution in [0.2, 0.25) is 0 Å². The first kappa shape index (κ1) is 12.6. The molecular formula is C9H12ClF3O2. The van der Waals surface area contributed by atoms with Gasteiger partial charge in [-0.3, -0.25) is 4.79 Å². The number of carboxylic acid groups (broad SMARTS) is 1. The average molecular weight is 245 g/mol. The summed E-state index contributed by atoms with van der Waals surface area (Å²) in [5, 5.41) is 6.80. The zero-order chi connectivity index (χ0) is 12.0. The number of hydrogen-bond acceptors (Lipinski definition) is 1. The molecule has 0 heterocycles. The van der Waals surface area contributed by atoms with E-state index in [1.165, 1.54) is 0 Å². The summed E-state index contributed by atoms with van der Waals surface area (Å²) < 4.78 is 36.4. The molecular weight excluding hydrogens is 233 g/mol. The first-order chi connectivity index (χ1) is 6.58. The molecule has 1 rings (SSSR count). The smallest absolute Gasteiger partial charge is 0.404 e. The molecule has 3 unspecified atom stereocenters. The van der Waals surface area contributed by atoms with Crippen molar-refractivity contribution in [2.24, 2.45) is 17.3 Å². The van der Waals surface area contributed by atoms with Crippen molar-refractivity contribution in [1.29, 1.82) is 0 Å². The zero-order valence-corrected chi connectivity index (χ0v) is 9.06. The maximum atomic E-state index is 12.1. The van der Waals surface area contributed by atoms with Crippen LogP contribution in [0.4, 0.5) is 13.2 Å². The van der Waals surface area contributed by atoms with Crippen LogP contribution >= 0.6 is 11.6 Å². The lowest BCUT2D eigenvalue weighted by atomic mass is 10.1. The standard InChI is InChI=1S/C9H12ClF3O2/c1-8(2)4(6(8)7(14)15)3-5(10)9(11,12)13/h4-6H,3H2,1-2H3,(H,14,15). The molecule has 1 N–H and O–H groups in total. The van der Waals surface area contributed by atoms with Crippen LogP contribution in [0.3, 0.4) is 0 Å². The summed E-state index contributed by atoms with van der Waals surface area (Å²) in [5.41, 5.74) is -0.579. The van der Waals surface area contributed by atoms with E-state index >= 15 is 0 Å². The number of carboxylic acids is 1. The number of alkyl halides is 4. The summed E-state index contributed by atoms with van der Waals surface area (Å²) in [6.07, 6.45) is -4.78. The van der Waals surface area contributed by atoms with E-state index in [-0.39, 0.29) is 6.42 Å². The van der Waals surface area contributed by atoms with Crippen molar-refractivity contribution in [3.63, 3.8) is 0 Å². The molecule has 1 aliphatic carbocycles. The van der Waals surface area contributed by atoms with E-state index in [1.54, 1.807) is 13.8 Å². The highest BCUT2D eigenvalue weighted by molar-refractivity contribution is 6.21. The monoisotopic (exact) mass is 244 g/mol. The Labute approximate surface area is 90.4 Å². The highest BCUT2D eigenvalue weighted by Crippen LogP contribution is 2.61. The molecule has 0 bridgehead atoms. The van der Waals surface area contributed by atoms with Gasteiger partial charge in [-0.2, -0.15) is 13.2 Å². The van der Waals surface area contributed by atoms with Gasteiger partial charge in [-0.15, -0.1) is 11.6 Å². The molecule has 0 aliphatic heterocycles. The maximum absolute atomic E-state index is 12.1. The van der Waals surface area contributed by atoms with E-state index < -0.39 is 34.8 Å². The number of halogens is 4. The summed E-state index contributed by atoms with van der Waals surface area (Å²) in [5.74, 6) is -2.24. The van der Waals surface area contributed by atoms with Gasteiger partial charge >= 0.3 is 12.1 Å². The van der Waals surface area contributed by atoms with Crippen molar-refractivity contribution < 1.29 is 23.1 Å². The normalized spacial score (nSPS) is 31.1. The topological polar surface area (TPSA) is 37.3 Å². The molecule has 6 heteroatoms. The lowest BCUT2D eigenvalue weighted by Crippen LogP contribution is -2.24. The maximum Gasteiger partial charge on any atom is 0.404 e. The van der Waals surface area contributed by atoms with Crippen molar-refractivity contribution in [2.75, 3.05) is 0 Å². The SMILES string of the molecule is CC1(C)C(CC(Cl)C(F)(F)F)C1C(=O)O. The molecule has 1 aliphatic rings. The van der Waals surface area contributed by atoms with Gasteiger partial charge in [0.15, 0.2) is 0 Å². The fourth-order valence-electron chi connectivity index (χ4n) is 2.03. The van der Waals surface area contributed by atoms with E-state index in [0.29, 0.717) is 0 Å². The van der Waals surface area contributed by atoms with Crippen molar-refractivity contribution in [2.45, 2.75) is 31.8 Å². The molecule has 15 heavy (non-hydrogen) atoms. The molecule has 2 nitrogen and oxygen atoms in total. The van der Waals surface area contributed by atoms with Gasteiger partial charge in [0.1, 0.15) is 5.38 Å². The molecule has 88 valence electrons. The molecule has 1 saturated carbocycles. The molecule has 3 atom stereocenters. The Morgan fingerprint density at radius 1 is 1.53 bits per heavy atom. The van der Waals surface area contributed by atoms with Crippen LogP contribution in [0.15, 0.2) is 0 Å². The van der Waals surface area contributed by atoms with Gasteiger partial charge in [-0.05, 0) is 17.8 Å². The number of carbonyl (C=O) groups is 1. The van der Waals surface area contributed by atoms with Gasteiger partial charge < -0.3 is 5.11 Å². The number of hydrogen-bond donors (Lipinski definition) is 1. The third-order valence-corrected chi connectivity index (χ3v) is 3.56. The summed E-state index contributed by atoms with van der Waals surface area (Å²) in [6, 6.07) is 0. The molecule has 0 spiro atoms. The van der Waals surface area contributed by atoms with Crippen LogP contribution in [0.25, 0.3) is 0 Å². The Kier molecular flexibility index (Phi) is 2.98. The van der Waals surface area contributed by atoms with E-state index in [4.69, 9.17) is 16.7 Å². The van der Waals surface area contributed by atoms with E-state index in [1.807, 2.05) is 0 Å². The number of aliphatic carboxylic acids is 1. The zero-order valence-electron chi connectivity index (χ0n) is 8.31. The minimum absolute atomic E-state index is 0.324. The van der Waals surface area contributed by atoms with Crippen molar-refractivity contribution in [3.8, 4) is 0 Å². The van der Waals surface area contributed by atoms with Gasteiger partial charge in [0.25, 0.3) is 0 Å². The first-order valence-corrected chi connectivity index (χ1v) is 4.95. The Hall–Kier alpha value is -0.450. The van der Waals surface area contributed by atoms with Crippen LogP contribution in [-0.4, -0.2) is 22.6 Å². The highest BCUT2D eigenvalue weighted by atomic mass is 35.5. The second-order valence-electron chi connectivity index (χ2n) is 4.49. The summed E-state index contributed by atoms with van der Waals surface area (Å²) in [7, 11) is 0. The van der Waals surface area contributed by atoms with Crippen LogP contribution in [0.5, 0.6) is 0 Å². The third kappa shape index (κ3) is 2.38. The van der Waals surface area contributed by atoms with Crippen LogP contribution < -0.4 is 0 Å². The number of rotatable bonds is 3. The second kappa shape index (κ2) is 3.54. The van der Waals surface area contributed by atoms with Crippen LogP contribution in [0.1, 0.15) is 20.3 Å². The van der Waals surface area contributed by atoms with Crippen molar-refractivity contribution in [1.82, 2.24) is 0 Å². The van der Waals surface area contributed by atoms with Gasteiger partial charge in [0, 0.05) is 0 Å². The van der Waals surface area contributed by atoms with E-state index in [9.17, 15) is 18.0 Å². The first-order valence-electron chi connectivity index (χ1n) is 4.52. The molecule has 0 aromatic carbocycles. The molecule has 0 radical (unpaired) electrons. The Bertz CT molecular complexity index is 275. The summed E-state index contributed by atoms with van der Waals surface area (Å²) >= 11 is 5.17. The predicted octanol–water partition coefficient (Wildman–Crippen LogP) is 2.90. The molecule has 0 amide bonds. The minimum atomic E-state index is -4.46. The largest absolute Gasteiger partial charge is 0.481 e. The lowest BCUT2D eigenvalue weighted by Gasteiger charge is -2.13.